The van der Waals surface area contributed by atoms with E-state index in [1.807, 2.05) is 42.5 Å². The van der Waals surface area contributed by atoms with E-state index in [1.54, 1.807) is 13.0 Å². The number of benzene rings is 2. The SMILES string of the molecule is Cc1c(C(=O)NNC(=O)COc2ccccc2C(C)(C)C)oc2ccccc12. The van der Waals surface area contributed by atoms with Gasteiger partial charge in [0.15, 0.2) is 12.4 Å². The molecule has 1 aromatic heterocycles. The number of carbonyl (C=O) groups excluding carboxylic acids is 2. The smallest absolute Gasteiger partial charge is 0.305 e. The molecule has 0 atom stereocenters. The number of nitrogens with one attached hydrogen (secondary N) is 2. The first-order valence-corrected chi connectivity index (χ1v) is 9.07. The minimum atomic E-state index is -0.517. The summed E-state index contributed by atoms with van der Waals surface area (Å²) in [5.41, 5.74) is 6.96. The summed E-state index contributed by atoms with van der Waals surface area (Å²) in [6.45, 7) is 7.81. The van der Waals surface area contributed by atoms with Crippen LogP contribution >= 0.6 is 0 Å². The molecule has 1 heterocycles. The standard InChI is InChI=1S/C22H24N2O4/c1-14-15-9-5-7-11-17(15)28-20(14)21(26)24-23-19(25)13-27-18-12-8-6-10-16(18)22(2,3)4/h5-12H,13H2,1-4H3,(H,23,25)(H,24,26). The van der Waals surface area contributed by atoms with Gasteiger partial charge in [0.25, 0.3) is 5.91 Å². The maximum absolute atomic E-state index is 12.3. The van der Waals surface area contributed by atoms with Crippen molar-refractivity contribution in [3.05, 3.63) is 65.4 Å². The van der Waals surface area contributed by atoms with Gasteiger partial charge in [0.2, 0.25) is 0 Å². The Morgan fingerprint density at radius 1 is 1.00 bits per heavy atom. The summed E-state index contributed by atoms with van der Waals surface area (Å²) in [6.07, 6.45) is 0. The summed E-state index contributed by atoms with van der Waals surface area (Å²) in [7, 11) is 0. The summed E-state index contributed by atoms with van der Waals surface area (Å²) in [6, 6.07) is 15.0. The van der Waals surface area contributed by atoms with Crippen LogP contribution in [0.5, 0.6) is 5.75 Å². The summed E-state index contributed by atoms with van der Waals surface area (Å²) in [4.78, 5) is 24.4. The highest BCUT2D eigenvalue weighted by Crippen LogP contribution is 2.30. The number of hydrazine groups is 1. The van der Waals surface area contributed by atoms with Gasteiger partial charge in [-0.1, -0.05) is 57.2 Å². The highest BCUT2D eigenvalue weighted by Gasteiger charge is 2.20. The Morgan fingerprint density at radius 2 is 1.68 bits per heavy atom. The molecule has 28 heavy (non-hydrogen) atoms. The Morgan fingerprint density at radius 3 is 2.39 bits per heavy atom. The van der Waals surface area contributed by atoms with Gasteiger partial charge in [-0.2, -0.15) is 0 Å². The first-order chi connectivity index (χ1) is 13.3. The van der Waals surface area contributed by atoms with Crippen LogP contribution in [0, 0.1) is 6.92 Å². The van der Waals surface area contributed by atoms with E-state index in [1.165, 1.54) is 0 Å². The van der Waals surface area contributed by atoms with Gasteiger partial charge in [0, 0.05) is 10.9 Å². The lowest BCUT2D eigenvalue weighted by molar-refractivity contribution is -0.123. The van der Waals surface area contributed by atoms with E-state index in [-0.39, 0.29) is 17.8 Å². The van der Waals surface area contributed by atoms with Gasteiger partial charge in [-0.3, -0.25) is 20.4 Å². The van der Waals surface area contributed by atoms with Crippen LogP contribution in [0.2, 0.25) is 0 Å². The van der Waals surface area contributed by atoms with E-state index in [0.717, 1.165) is 16.5 Å². The fourth-order valence-electron chi connectivity index (χ4n) is 2.97. The lowest BCUT2D eigenvalue weighted by Gasteiger charge is -2.22. The van der Waals surface area contributed by atoms with Crippen LogP contribution in [0.4, 0.5) is 0 Å². The van der Waals surface area contributed by atoms with E-state index in [4.69, 9.17) is 9.15 Å². The topological polar surface area (TPSA) is 80.6 Å². The minimum absolute atomic E-state index is 0.111. The summed E-state index contributed by atoms with van der Waals surface area (Å²) in [5, 5.41) is 0.862. The largest absolute Gasteiger partial charge is 0.483 e. The van der Waals surface area contributed by atoms with E-state index >= 15 is 0 Å². The van der Waals surface area contributed by atoms with Crippen LogP contribution < -0.4 is 15.6 Å². The molecule has 6 heteroatoms. The van der Waals surface area contributed by atoms with Crippen LogP contribution in [-0.2, 0) is 10.2 Å². The number of aryl methyl sites for hydroxylation is 1. The molecule has 0 bridgehead atoms. The van der Waals surface area contributed by atoms with Gasteiger partial charge in [-0.25, -0.2) is 0 Å². The Balaban J connectivity index is 1.59. The molecule has 146 valence electrons. The third-order valence-electron chi connectivity index (χ3n) is 4.42. The van der Waals surface area contributed by atoms with Crippen molar-refractivity contribution >= 4 is 22.8 Å². The van der Waals surface area contributed by atoms with E-state index < -0.39 is 11.8 Å². The van der Waals surface area contributed by atoms with Crippen molar-refractivity contribution in [3.8, 4) is 5.75 Å². The maximum Gasteiger partial charge on any atom is 0.305 e. The monoisotopic (exact) mass is 380 g/mol. The maximum atomic E-state index is 12.3. The molecule has 6 nitrogen and oxygen atoms in total. The zero-order valence-electron chi connectivity index (χ0n) is 16.5. The highest BCUT2D eigenvalue weighted by molar-refractivity contribution is 5.99. The van der Waals surface area contributed by atoms with Crippen LogP contribution in [0.1, 0.15) is 42.5 Å². The average molecular weight is 380 g/mol. The van der Waals surface area contributed by atoms with Crippen molar-refractivity contribution in [3.63, 3.8) is 0 Å². The normalized spacial score (nSPS) is 11.3. The lowest BCUT2D eigenvalue weighted by atomic mass is 9.86. The highest BCUT2D eigenvalue weighted by atomic mass is 16.5. The number of carbonyl (C=O) groups is 2. The van der Waals surface area contributed by atoms with Crippen LogP contribution in [-0.4, -0.2) is 18.4 Å². The molecular formula is C22H24N2O4. The molecule has 0 aliphatic carbocycles. The predicted octanol–water partition coefficient (Wildman–Crippen LogP) is 3.88. The molecule has 2 N–H and O–H groups in total. The van der Waals surface area contributed by atoms with Crippen molar-refractivity contribution in [2.24, 2.45) is 0 Å². The van der Waals surface area contributed by atoms with Crippen molar-refractivity contribution in [1.29, 1.82) is 0 Å². The van der Waals surface area contributed by atoms with Crippen LogP contribution in [0.15, 0.2) is 52.9 Å². The molecule has 2 amide bonds. The van der Waals surface area contributed by atoms with Gasteiger partial charge in [0.1, 0.15) is 11.3 Å². The number of furan rings is 1. The Kier molecular flexibility index (Phi) is 5.40. The lowest BCUT2D eigenvalue weighted by Crippen LogP contribution is -2.44. The number of para-hydroxylation sites is 2. The summed E-state index contributed by atoms with van der Waals surface area (Å²) >= 11 is 0. The number of amides is 2. The Labute approximate surface area is 163 Å². The van der Waals surface area contributed by atoms with Crippen molar-refractivity contribution in [1.82, 2.24) is 10.9 Å². The number of hydrogen-bond donors (Lipinski definition) is 2. The number of rotatable bonds is 4. The summed E-state index contributed by atoms with van der Waals surface area (Å²) in [5.74, 6) is -0.173. The minimum Gasteiger partial charge on any atom is -0.483 e. The fraction of sp³-hybridized carbons (Fsp3) is 0.273. The molecule has 0 aliphatic rings. The van der Waals surface area contributed by atoms with Gasteiger partial charge >= 0.3 is 5.91 Å². The molecule has 0 spiro atoms. The molecule has 0 radical (unpaired) electrons. The quantitative estimate of drug-likeness (QED) is 0.673. The van der Waals surface area contributed by atoms with Crippen molar-refractivity contribution in [2.75, 3.05) is 6.61 Å². The van der Waals surface area contributed by atoms with E-state index in [2.05, 4.69) is 31.6 Å². The zero-order chi connectivity index (χ0) is 20.3. The molecule has 0 unspecified atom stereocenters. The molecule has 3 aromatic rings. The third kappa shape index (κ3) is 4.17. The zero-order valence-corrected chi connectivity index (χ0v) is 16.5. The first-order valence-electron chi connectivity index (χ1n) is 9.07. The molecule has 0 saturated heterocycles. The molecule has 3 rings (SSSR count). The Bertz CT molecular complexity index is 1010. The average Bonchev–Trinajstić information content (AvgIpc) is 3.01. The second-order valence-corrected chi connectivity index (χ2v) is 7.59. The third-order valence-corrected chi connectivity index (χ3v) is 4.42. The molecule has 0 saturated carbocycles. The number of fused-ring (bicyclic) bond motifs is 1. The molecule has 2 aromatic carbocycles. The van der Waals surface area contributed by atoms with E-state index in [9.17, 15) is 9.59 Å². The first kappa shape index (κ1) is 19.5. The Hall–Kier alpha value is -3.28. The predicted molar refractivity (Wildman–Crippen MR) is 107 cm³/mol. The van der Waals surface area contributed by atoms with E-state index in [0.29, 0.717) is 11.3 Å². The van der Waals surface area contributed by atoms with Crippen LogP contribution in [0.25, 0.3) is 11.0 Å². The van der Waals surface area contributed by atoms with Gasteiger partial charge in [-0.05, 0) is 30.0 Å². The molecular weight excluding hydrogens is 356 g/mol. The van der Waals surface area contributed by atoms with Gasteiger partial charge in [-0.15, -0.1) is 0 Å². The second kappa shape index (κ2) is 7.76. The van der Waals surface area contributed by atoms with Crippen molar-refractivity contribution in [2.45, 2.75) is 33.1 Å². The molecule has 0 fully saturated rings. The fourth-order valence-corrected chi connectivity index (χ4v) is 2.97. The van der Waals surface area contributed by atoms with Crippen molar-refractivity contribution < 1.29 is 18.7 Å². The molecule has 0 aliphatic heterocycles. The van der Waals surface area contributed by atoms with Gasteiger partial charge < -0.3 is 9.15 Å². The number of ether oxygens (including phenoxy) is 1. The van der Waals surface area contributed by atoms with Gasteiger partial charge in [0.05, 0.1) is 0 Å². The number of hydrogen-bond acceptors (Lipinski definition) is 4. The summed E-state index contributed by atoms with van der Waals surface area (Å²) < 4.78 is 11.2. The van der Waals surface area contributed by atoms with Crippen LogP contribution in [0.3, 0.4) is 0 Å². The second-order valence-electron chi connectivity index (χ2n) is 7.59.